The van der Waals surface area contributed by atoms with E-state index in [4.69, 9.17) is 21.1 Å². The predicted octanol–water partition coefficient (Wildman–Crippen LogP) is 3.30. The number of hydrogen-bond donors (Lipinski definition) is 2. The van der Waals surface area contributed by atoms with E-state index in [0.717, 1.165) is 23.3 Å². The zero-order chi connectivity index (χ0) is 23.8. The molecule has 1 spiro atoms. The Labute approximate surface area is 199 Å². The number of hydrogen-bond acceptors (Lipinski definition) is 5. The average Bonchev–Trinajstić information content (AvgIpc) is 2.97. The van der Waals surface area contributed by atoms with Crippen LogP contribution < -0.4 is 20.1 Å². The maximum atomic E-state index is 13.1. The molecule has 9 heteroatoms. The summed E-state index contributed by atoms with van der Waals surface area (Å²) < 4.78 is 11.1. The van der Waals surface area contributed by atoms with E-state index in [-0.39, 0.29) is 23.8 Å². The van der Waals surface area contributed by atoms with Crippen LogP contribution in [0, 0.1) is 11.3 Å². The Bertz CT molecular complexity index is 950. The first-order valence-electron chi connectivity index (χ1n) is 11.6. The highest BCUT2D eigenvalue weighted by atomic mass is 35.5. The van der Waals surface area contributed by atoms with Gasteiger partial charge in [-0.3, -0.25) is 14.5 Å². The highest BCUT2D eigenvalue weighted by molar-refractivity contribution is 6.32. The van der Waals surface area contributed by atoms with Crippen LogP contribution in [0.5, 0.6) is 11.5 Å². The van der Waals surface area contributed by atoms with Gasteiger partial charge in [0.1, 0.15) is 25.3 Å². The molecule has 3 aliphatic rings. The zero-order valence-corrected chi connectivity index (χ0v) is 20.2. The van der Waals surface area contributed by atoms with Crippen LogP contribution in [0.2, 0.25) is 5.02 Å². The summed E-state index contributed by atoms with van der Waals surface area (Å²) in [4.78, 5) is 39.1. The number of rotatable bonds is 5. The average molecular weight is 478 g/mol. The van der Waals surface area contributed by atoms with Gasteiger partial charge in [-0.15, -0.1) is 0 Å². The molecule has 180 valence electrons. The van der Waals surface area contributed by atoms with Crippen molar-refractivity contribution in [3.05, 3.63) is 22.7 Å². The van der Waals surface area contributed by atoms with Crippen LogP contribution in [0.15, 0.2) is 12.1 Å². The minimum absolute atomic E-state index is 0.175. The van der Waals surface area contributed by atoms with Gasteiger partial charge in [-0.2, -0.15) is 0 Å². The number of fused-ring (bicyclic) bond motifs is 1. The molecule has 8 nitrogen and oxygen atoms in total. The number of imide groups is 1. The summed E-state index contributed by atoms with van der Waals surface area (Å²) in [6.07, 6.45) is 3.52. The van der Waals surface area contributed by atoms with Gasteiger partial charge in [-0.1, -0.05) is 32.4 Å². The van der Waals surface area contributed by atoms with E-state index in [9.17, 15) is 14.4 Å². The van der Waals surface area contributed by atoms with Crippen LogP contribution in [0.1, 0.15) is 52.0 Å². The summed E-state index contributed by atoms with van der Waals surface area (Å²) in [5.74, 6) is 0.996. The van der Waals surface area contributed by atoms with E-state index in [1.165, 1.54) is 0 Å². The maximum absolute atomic E-state index is 13.1. The smallest absolute Gasteiger partial charge is 0.325 e. The van der Waals surface area contributed by atoms with Crippen LogP contribution in [0.4, 0.5) is 4.79 Å². The molecule has 1 saturated heterocycles. The van der Waals surface area contributed by atoms with Crippen LogP contribution >= 0.6 is 11.6 Å². The van der Waals surface area contributed by atoms with Gasteiger partial charge in [-0.05, 0) is 61.1 Å². The first kappa shape index (κ1) is 23.7. The molecule has 2 fully saturated rings. The van der Waals surface area contributed by atoms with Crippen molar-refractivity contribution in [2.75, 3.05) is 26.3 Å². The van der Waals surface area contributed by atoms with Crippen molar-refractivity contribution in [1.29, 1.82) is 0 Å². The van der Waals surface area contributed by atoms with Gasteiger partial charge in [0.2, 0.25) is 5.91 Å². The summed E-state index contributed by atoms with van der Waals surface area (Å²) >= 11 is 6.26. The van der Waals surface area contributed by atoms with E-state index in [1.807, 2.05) is 6.07 Å². The molecule has 0 radical (unpaired) electrons. The summed E-state index contributed by atoms with van der Waals surface area (Å²) in [7, 11) is 0. The van der Waals surface area contributed by atoms with Crippen molar-refractivity contribution >= 4 is 29.4 Å². The first-order valence-corrected chi connectivity index (χ1v) is 12.0. The SMILES string of the molecule is CC(C)(C)C1CCC2(CC1)NC(=O)N(CC(=O)NCCc1cc(Cl)c3c(c1)OCCO3)C2=O. The van der Waals surface area contributed by atoms with Gasteiger partial charge < -0.3 is 20.1 Å². The Hall–Kier alpha value is -2.48. The zero-order valence-electron chi connectivity index (χ0n) is 19.5. The van der Waals surface area contributed by atoms with E-state index in [1.54, 1.807) is 6.07 Å². The van der Waals surface area contributed by atoms with Gasteiger partial charge in [0, 0.05) is 6.54 Å². The molecule has 1 saturated carbocycles. The van der Waals surface area contributed by atoms with Gasteiger partial charge in [0.25, 0.3) is 5.91 Å². The third-order valence-corrected chi connectivity index (χ3v) is 7.28. The fourth-order valence-corrected chi connectivity index (χ4v) is 5.28. The Morgan fingerprint density at radius 2 is 1.91 bits per heavy atom. The van der Waals surface area contributed by atoms with Crippen LogP contribution in [-0.4, -0.2) is 54.6 Å². The van der Waals surface area contributed by atoms with Crippen molar-refractivity contribution in [1.82, 2.24) is 15.5 Å². The molecule has 1 aliphatic carbocycles. The number of nitrogens with one attached hydrogen (secondary N) is 2. The summed E-state index contributed by atoms with van der Waals surface area (Å²) in [6.45, 7) is 7.62. The summed E-state index contributed by atoms with van der Waals surface area (Å²) in [5, 5.41) is 6.14. The van der Waals surface area contributed by atoms with Crippen LogP contribution in [0.25, 0.3) is 0 Å². The van der Waals surface area contributed by atoms with E-state index < -0.39 is 11.6 Å². The molecule has 0 aromatic heterocycles. The van der Waals surface area contributed by atoms with Gasteiger partial charge in [0.15, 0.2) is 11.5 Å². The highest BCUT2D eigenvalue weighted by Crippen LogP contribution is 2.43. The predicted molar refractivity (Wildman–Crippen MR) is 124 cm³/mol. The topological polar surface area (TPSA) is 97.0 Å². The molecular weight excluding hydrogens is 446 g/mol. The lowest BCUT2D eigenvalue weighted by atomic mass is 9.67. The number of halogens is 1. The first-order chi connectivity index (χ1) is 15.6. The van der Waals surface area contributed by atoms with Gasteiger partial charge in [0.05, 0.1) is 5.02 Å². The largest absolute Gasteiger partial charge is 0.486 e. The molecule has 0 atom stereocenters. The summed E-state index contributed by atoms with van der Waals surface area (Å²) in [6, 6.07) is 3.15. The second-order valence-corrected chi connectivity index (χ2v) is 10.7. The standard InChI is InChI=1S/C24H32ClN3O5/c1-23(2,3)16-4-7-24(8-5-16)21(30)28(22(31)27-24)14-19(29)26-9-6-15-12-17(25)20-18(13-15)32-10-11-33-20/h12-13,16H,4-11,14H2,1-3H3,(H,26,29)(H,27,31). The molecule has 4 amide bonds. The molecule has 4 rings (SSSR count). The molecule has 1 aromatic rings. The molecular formula is C24H32ClN3O5. The molecule has 0 unspecified atom stereocenters. The Balaban J connectivity index is 1.29. The fourth-order valence-electron chi connectivity index (χ4n) is 4.99. The number of amides is 4. The minimum atomic E-state index is -0.860. The van der Waals surface area contributed by atoms with E-state index >= 15 is 0 Å². The second-order valence-electron chi connectivity index (χ2n) is 10.2. The molecule has 1 aromatic carbocycles. The maximum Gasteiger partial charge on any atom is 0.325 e. The lowest BCUT2D eigenvalue weighted by Crippen LogP contribution is -2.51. The minimum Gasteiger partial charge on any atom is -0.486 e. The van der Waals surface area contributed by atoms with Gasteiger partial charge in [-0.25, -0.2) is 4.79 Å². The Morgan fingerprint density at radius 3 is 2.61 bits per heavy atom. The van der Waals surface area contributed by atoms with E-state index in [2.05, 4.69) is 31.4 Å². The summed E-state index contributed by atoms with van der Waals surface area (Å²) in [5.41, 5.74) is 0.212. The third kappa shape index (κ3) is 4.90. The fraction of sp³-hybridized carbons (Fsp3) is 0.625. The number of carbonyl (C=O) groups is 3. The molecule has 2 heterocycles. The normalized spacial score (nSPS) is 24.7. The highest BCUT2D eigenvalue weighted by Gasteiger charge is 2.53. The number of carbonyl (C=O) groups excluding carboxylic acids is 3. The van der Waals surface area contributed by atoms with Gasteiger partial charge >= 0.3 is 6.03 Å². The molecule has 33 heavy (non-hydrogen) atoms. The monoisotopic (exact) mass is 477 g/mol. The second kappa shape index (κ2) is 9.05. The third-order valence-electron chi connectivity index (χ3n) is 7.00. The number of benzene rings is 1. The molecule has 0 bridgehead atoms. The number of nitrogens with zero attached hydrogens (tertiary/aromatic N) is 1. The molecule has 2 N–H and O–H groups in total. The van der Waals surface area contributed by atoms with Crippen LogP contribution in [-0.2, 0) is 16.0 Å². The van der Waals surface area contributed by atoms with Crippen molar-refractivity contribution in [3.8, 4) is 11.5 Å². The van der Waals surface area contributed by atoms with Crippen LogP contribution in [0.3, 0.4) is 0 Å². The van der Waals surface area contributed by atoms with Crippen molar-refractivity contribution in [3.63, 3.8) is 0 Å². The van der Waals surface area contributed by atoms with Crippen molar-refractivity contribution in [2.24, 2.45) is 11.3 Å². The quantitative estimate of drug-likeness (QED) is 0.634. The van der Waals surface area contributed by atoms with E-state index in [0.29, 0.717) is 61.5 Å². The Morgan fingerprint density at radius 1 is 1.21 bits per heavy atom. The van der Waals surface area contributed by atoms with Crippen molar-refractivity contribution in [2.45, 2.75) is 58.4 Å². The lowest BCUT2D eigenvalue weighted by Gasteiger charge is -2.40. The van der Waals surface area contributed by atoms with Crippen molar-refractivity contribution < 1.29 is 23.9 Å². The number of ether oxygens (including phenoxy) is 2. The lowest BCUT2D eigenvalue weighted by molar-refractivity contribution is -0.136. The number of urea groups is 1. The molecule has 2 aliphatic heterocycles. The Kier molecular flexibility index (Phi) is 6.49.